The van der Waals surface area contributed by atoms with E-state index in [1.807, 2.05) is 31.2 Å². The van der Waals surface area contributed by atoms with Crippen LogP contribution in [0.1, 0.15) is 5.56 Å². The molecule has 0 atom stereocenters. The van der Waals surface area contributed by atoms with Crippen molar-refractivity contribution in [3.8, 4) is 5.75 Å². The summed E-state index contributed by atoms with van der Waals surface area (Å²) in [7, 11) is -2.31. The Balaban J connectivity index is 1.95. The predicted octanol–water partition coefficient (Wildman–Crippen LogP) is 2.64. The Morgan fingerprint density at radius 1 is 1.12 bits per heavy atom. The zero-order chi connectivity index (χ0) is 17.9. The molecule has 1 fully saturated rings. The van der Waals surface area contributed by atoms with Crippen LogP contribution in [0.4, 0.5) is 11.4 Å². The maximum atomic E-state index is 12.9. The average Bonchev–Trinajstić information content (AvgIpc) is 2.62. The summed E-state index contributed by atoms with van der Waals surface area (Å²) in [5.74, 6) is 0.321. The number of nitrogens with zero attached hydrogens (tertiary/aromatic N) is 1. The lowest BCUT2D eigenvalue weighted by Crippen LogP contribution is -2.36. The van der Waals surface area contributed by atoms with Crippen molar-refractivity contribution in [3.05, 3.63) is 48.0 Å². The molecule has 0 radical (unpaired) electrons. The fourth-order valence-corrected chi connectivity index (χ4v) is 4.16. The van der Waals surface area contributed by atoms with Gasteiger partial charge in [0, 0.05) is 13.1 Å². The van der Waals surface area contributed by atoms with Gasteiger partial charge in [-0.15, -0.1) is 0 Å². The van der Waals surface area contributed by atoms with Gasteiger partial charge in [0.05, 0.1) is 31.7 Å². The summed E-state index contributed by atoms with van der Waals surface area (Å²) in [6, 6.07) is 12.5. The second-order valence-corrected chi connectivity index (χ2v) is 7.53. The molecule has 0 aromatic heterocycles. The minimum atomic E-state index is -3.77. The van der Waals surface area contributed by atoms with Crippen LogP contribution in [-0.2, 0) is 14.8 Å². The van der Waals surface area contributed by atoms with Crippen molar-refractivity contribution in [2.75, 3.05) is 43.0 Å². The van der Waals surface area contributed by atoms with E-state index in [0.29, 0.717) is 24.7 Å². The van der Waals surface area contributed by atoms with Gasteiger partial charge in [0.15, 0.2) is 0 Å². The Morgan fingerprint density at radius 2 is 1.84 bits per heavy atom. The van der Waals surface area contributed by atoms with Gasteiger partial charge < -0.3 is 14.4 Å². The number of methoxy groups -OCH3 is 1. The summed E-state index contributed by atoms with van der Waals surface area (Å²) >= 11 is 0. The quantitative estimate of drug-likeness (QED) is 0.886. The lowest BCUT2D eigenvalue weighted by Gasteiger charge is -2.30. The van der Waals surface area contributed by atoms with E-state index in [1.165, 1.54) is 7.11 Å². The average molecular weight is 362 g/mol. The zero-order valence-corrected chi connectivity index (χ0v) is 15.2. The van der Waals surface area contributed by atoms with Crippen LogP contribution in [0, 0.1) is 6.92 Å². The molecule has 7 heteroatoms. The summed E-state index contributed by atoms with van der Waals surface area (Å²) < 4.78 is 39.2. The van der Waals surface area contributed by atoms with Crippen LogP contribution in [0.3, 0.4) is 0 Å². The molecule has 0 bridgehead atoms. The molecule has 2 aromatic rings. The highest BCUT2D eigenvalue weighted by Gasteiger charge is 2.22. The molecule has 134 valence electrons. The second-order valence-electron chi connectivity index (χ2n) is 5.88. The summed E-state index contributed by atoms with van der Waals surface area (Å²) in [6.45, 7) is 4.57. The molecule has 1 saturated heterocycles. The standard InChI is InChI=1S/C18H22N2O4S/c1-14-7-8-17(23-2)18(13-14)25(21,22)19-15-5-3-4-6-16(15)20-9-11-24-12-10-20/h3-8,13,19H,9-12H2,1-2H3. The molecule has 3 rings (SSSR count). The first-order chi connectivity index (χ1) is 12.0. The van der Waals surface area contributed by atoms with Crippen molar-refractivity contribution in [2.45, 2.75) is 11.8 Å². The van der Waals surface area contributed by atoms with Crippen LogP contribution in [0.5, 0.6) is 5.75 Å². The Bertz CT molecular complexity index is 846. The number of ether oxygens (including phenoxy) is 2. The maximum Gasteiger partial charge on any atom is 0.265 e. The molecule has 6 nitrogen and oxygen atoms in total. The Morgan fingerprint density at radius 3 is 2.56 bits per heavy atom. The van der Waals surface area contributed by atoms with E-state index >= 15 is 0 Å². The summed E-state index contributed by atoms with van der Waals surface area (Å²) in [4.78, 5) is 2.25. The number of anilines is 2. The molecule has 0 aliphatic carbocycles. The topological polar surface area (TPSA) is 67.9 Å². The van der Waals surface area contributed by atoms with Crippen LogP contribution in [0.15, 0.2) is 47.4 Å². The third-order valence-electron chi connectivity index (χ3n) is 4.11. The molecule has 1 heterocycles. The molecular formula is C18H22N2O4S. The molecular weight excluding hydrogens is 340 g/mol. The number of hydrogen-bond acceptors (Lipinski definition) is 5. The van der Waals surface area contributed by atoms with E-state index in [9.17, 15) is 8.42 Å². The fourth-order valence-electron chi connectivity index (χ4n) is 2.83. The normalized spacial score (nSPS) is 15.0. The smallest absolute Gasteiger partial charge is 0.265 e. The first kappa shape index (κ1) is 17.6. The minimum absolute atomic E-state index is 0.131. The third kappa shape index (κ3) is 3.88. The SMILES string of the molecule is COc1ccc(C)cc1S(=O)(=O)Nc1ccccc1N1CCOCC1. The van der Waals surface area contributed by atoms with Gasteiger partial charge in [-0.2, -0.15) is 0 Å². The first-order valence-corrected chi connectivity index (χ1v) is 9.59. The van der Waals surface area contributed by atoms with Gasteiger partial charge in [-0.3, -0.25) is 4.72 Å². The van der Waals surface area contributed by atoms with Crippen molar-refractivity contribution >= 4 is 21.4 Å². The molecule has 2 aromatic carbocycles. The van der Waals surface area contributed by atoms with Crippen LogP contribution in [0.25, 0.3) is 0 Å². The third-order valence-corrected chi connectivity index (χ3v) is 5.50. The highest BCUT2D eigenvalue weighted by molar-refractivity contribution is 7.92. The summed E-state index contributed by atoms with van der Waals surface area (Å²) in [5, 5.41) is 0. The maximum absolute atomic E-state index is 12.9. The summed E-state index contributed by atoms with van der Waals surface area (Å²) in [6.07, 6.45) is 0. The highest BCUT2D eigenvalue weighted by atomic mass is 32.2. The van der Waals surface area contributed by atoms with Gasteiger partial charge in [0.2, 0.25) is 0 Å². The summed E-state index contributed by atoms with van der Waals surface area (Å²) in [5.41, 5.74) is 2.25. The van der Waals surface area contributed by atoms with Crippen molar-refractivity contribution in [3.63, 3.8) is 0 Å². The van der Waals surface area contributed by atoms with Crippen LogP contribution in [-0.4, -0.2) is 41.8 Å². The predicted molar refractivity (Wildman–Crippen MR) is 98.0 cm³/mol. The number of aryl methyl sites for hydroxylation is 1. The molecule has 1 N–H and O–H groups in total. The van der Waals surface area contributed by atoms with E-state index in [1.54, 1.807) is 18.2 Å². The van der Waals surface area contributed by atoms with Crippen molar-refractivity contribution in [1.82, 2.24) is 0 Å². The van der Waals surface area contributed by atoms with Crippen molar-refractivity contribution in [2.24, 2.45) is 0 Å². The fraction of sp³-hybridized carbons (Fsp3) is 0.333. The Kier molecular flexibility index (Phi) is 5.15. The van der Waals surface area contributed by atoms with Gasteiger partial charge in [0.1, 0.15) is 10.6 Å². The molecule has 0 spiro atoms. The molecule has 1 aliphatic heterocycles. The number of benzene rings is 2. The number of morpholine rings is 1. The lowest BCUT2D eigenvalue weighted by molar-refractivity contribution is 0.123. The van der Waals surface area contributed by atoms with Gasteiger partial charge in [-0.05, 0) is 36.8 Å². The number of sulfonamides is 1. The van der Waals surface area contributed by atoms with E-state index < -0.39 is 10.0 Å². The largest absolute Gasteiger partial charge is 0.495 e. The molecule has 0 saturated carbocycles. The van der Waals surface area contributed by atoms with Gasteiger partial charge in [0.25, 0.3) is 10.0 Å². The number of rotatable bonds is 5. The van der Waals surface area contributed by atoms with Gasteiger partial charge >= 0.3 is 0 Å². The zero-order valence-electron chi connectivity index (χ0n) is 14.4. The molecule has 1 aliphatic rings. The number of hydrogen-bond donors (Lipinski definition) is 1. The van der Waals surface area contributed by atoms with Gasteiger partial charge in [-0.25, -0.2) is 8.42 Å². The minimum Gasteiger partial charge on any atom is -0.495 e. The number of nitrogens with one attached hydrogen (secondary N) is 1. The molecule has 0 unspecified atom stereocenters. The van der Waals surface area contributed by atoms with Crippen LogP contribution in [0.2, 0.25) is 0 Å². The number of para-hydroxylation sites is 2. The molecule has 25 heavy (non-hydrogen) atoms. The molecule has 0 amide bonds. The van der Waals surface area contributed by atoms with E-state index in [2.05, 4.69) is 9.62 Å². The monoisotopic (exact) mass is 362 g/mol. The van der Waals surface area contributed by atoms with Gasteiger partial charge in [-0.1, -0.05) is 18.2 Å². The highest BCUT2D eigenvalue weighted by Crippen LogP contribution is 2.31. The van der Waals surface area contributed by atoms with E-state index in [4.69, 9.17) is 9.47 Å². The van der Waals surface area contributed by atoms with E-state index in [-0.39, 0.29) is 4.90 Å². The van der Waals surface area contributed by atoms with Crippen molar-refractivity contribution < 1.29 is 17.9 Å². The first-order valence-electron chi connectivity index (χ1n) is 8.10. The van der Waals surface area contributed by atoms with Crippen molar-refractivity contribution in [1.29, 1.82) is 0 Å². The van der Waals surface area contributed by atoms with Crippen LogP contribution >= 0.6 is 0 Å². The Labute approximate surface area is 148 Å². The lowest BCUT2D eigenvalue weighted by atomic mass is 10.2. The second kappa shape index (κ2) is 7.33. The van der Waals surface area contributed by atoms with E-state index in [0.717, 1.165) is 24.3 Å². The van der Waals surface area contributed by atoms with Crippen LogP contribution < -0.4 is 14.4 Å². The Hall–Kier alpha value is -2.25.